The predicted molar refractivity (Wildman–Crippen MR) is 102 cm³/mol. The first-order valence-corrected chi connectivity index (χ1v) is 9.08. The fourth-order valence-electron chi connectivity index (χ4n) is 3.97. The number of methoxy groups -OCH3 is 1. The molecule has 134 valence electrons. The van der Waals surface area contributed by atoms with E-state index in [1.165, 1.54) is 13.2 Å². The van der Waals surface area contributed by atoms with Gasteiger partial charge in [0.1, 0.15) is 5.75 Å². The molecular weight excluding hydrogens is 373 g/mol. The molecule has 2 aromatic rings. The van der Waals surface area contributed by atoms with E-state index in [0.29, 0.717) is 16.1 Å². The molecule has 2 aromatic carbocycles. The van der Waals surface area contributed by atoms with Crippen LogP contribution in [-0.4, -0.2) is 18.2 Å². The minimum atomic E-state index is -0.354. The summed E-state index contributed by atoms with van der Waals surface area (Å²) in [5.41, 5.74) is 3.18. The summed E-state index contributed by atoms with van der Waals surface area (Å²) in [5.74, 6) is 0.0235. The van der Waals surface area contributed by atoms with Gasteiger partial charge in [-0.1, -0.05) is 35.4 Å². The van der Waals surface area contributed by atoms with Crippen molar-refractivity contribution in [3.8, 4) is 5.75 Å². The second-order valence-electron chi connectivity index (χ2n) is 6.59. The normalized spacial score (nSPS) is 23.1. The average molecular weight is 390 g/mol. The van der Waals surface area contributed by atoms with E-state index in [-0.39, 0.29) is 34.6 Å². The van der Waals surface area contributed by atoms with Gasteiger partial charge in [0.25, 0.3) is 0 Å². The van der Waals surface area contributed by atoms with Gasteiger partial charge in [-0.25, -0.2) is 4.79 Å². The highest BCUT2D eigenvalue weighted by Gasteiger charge is 2.39. The predicted octanol–water partition coefficient (Wildman–Crippen LogP) is 5.31. The smallest absolute Gasteiger partial charge is 0.337 e. The molecule has 0 amide bonds. The second-order valence-corrected chi connectivity index (χ2v) is 7.44. The minimum absolute atomic E-state index is 0.0499. The summed E-state index contributed by atoms with van der Waals surface area (Å²) >= 11 is 12.3. The minimum Gasteiger partial charge on any atom is -0.506 e. The SMILES string of the molecule is COC(=O)c1ccc2c(c1)C1C=CCC1C(c1cc(Cl)cc(Cl)c1O)N2. The average Bonchev–Trinajstić information content (AvgIpc) is 3.13. The van der Waals surface area contributed by atoms with Gasteiger partial charge < -0.3 is 15.2 Å². The van der Waals surface area contributed by atoms with Crippen LogP contribution in [0.1, 0.15) is 39.9 Å². The van der Waals surface area contributed by atoms with Crippen LogP contribution >= 0.6 is 23.2 Å². The van der Waals surface area contributed by atoms with E-state index in [1.807, 2.05) is 12.1 Å². The van der Waals surface area contributed by atoms with Crippen LogP contribution in [0.2, 0.25) is 10.0 Å². The Labute approximate surface area is 161 Å². The molecule has 1 aliphatic heterocycles. The Hall–Kier alpha value is -2.17. The number of phenolic OH excluding ortho intramolecular Hbond substituents is 1. The van der Waals surface area contributed by atoms with Crippen LogP contribution in [0.25, 0.3) is 0 Å². The van der Waals surface area contributed by atoms with Crippen LogP contribution in [0.15, 0.2) is 42.5 Å². The highest BCUT2D eigenvalue weighted by molar-refractivity contribution is 6.35. The summed E-state index contributed by atoms with van der Waals surface area (Å²) in [6, 6.07) is 8.64. The molecule has 0 spiro atoms. The lowest BCUT2D eigenvalue weighted by Gasteiger charge is -2.38. The molecule has 3 unspecified atom stereocenters. The van der Waals surface area contributed by atoms with Gasteiger partial charge in [-0.3, -0.25) is 0 Å². The number of fused-ring (bicyclic) bond motifs is 3. The number of hydrogen-bond donors (Lipinski definition) is 2. The Kier molecular flexibility index (Phi) is 4.33. The van der Waals surface area contributed by atoms with Gasteiger partial charge in [0.2, 0.25) is 0 Å². The molecule has 0 aromatic heterocycles. The Morgan fingerprint density at radius 3 is 2.81 bits per heavy atom. The number of phenols is 1. The molecule has 0 fully saturated rings. The van der Waals surface area contributed by atoms with Gasteiger partial charge in [0.15, 0.2) is 0 Å². The van der Waals surface area contributed by atoms with Gasteiger partial charge in [0, 0.05) is 22.2 Å². The highest BCUT2D eigenvalue weighted by atomic mass is 35.5. The van der Waals surface area contributed by atoms with E-state index >= 15 is 0 Å². The molecule has 0 saturated carbocycles. The number of ether oxygens (including phenoxy) is 1. The first-order valence-electron chi connectivity index (χ1n) is 8.33. The summed E-state index contributed by atoms with van der Waals surface area (Å²) in [6.07, 6.45) is 5.14. The van der Waals surface area contributed by atoms with Crippen LogP contribution in [0, 0.1) is 5.92 Å². The van der Waals surface area contributed by atoms with Crippen LogP contribution in [0.5, 0.6) is 5.75 Å². The molecule has 0 radical (unpaired) electrons. The lowest BCUT2D eigenvalue weighted by molar-refractivity contribution is 0.0600. The number of allylic oxidation sites excluding steroid dienone is 2. The zero-order valence-electron chi connectivity index (χ0n) is 14.0. The van der Waals surface area contributed by atoms with Crippen molar-refractivity contribution in [3.05, 3.63) is 69.2 Å². The number of nitrogens with one attached hydrogen (secondary N) is 1. The lowest BCUT2D eigenvalue weighted by atomic mass is 9.76. The number of benzene rings is 2. The molecule has 6 heteroatoms. The molecule has 3 atom stereocenters. The Morgan fingerprint density at radius 2 is 2.04 bits per heavy atom. The van der Waals surface area contributed by atoms with Crippen molar-refractivity contribution in [1.29, 1.82) is 0 Å². The molecule has 4 nitrogen and oxygen atoms in total. The fourth-order valence-corrected chi connectivity index (χ4v) is 4.48. The standard InChI is InChI=1S/C20H17Cl2NO3/c1-26-20(25)10-5-6-17-14(7-10)12-3-2-4-13(12)18(23-17)15-8-11(21)9-16(22)19(15)24/h2-3,5-9,12-13,18,23-24H,4H2,1H3. The number of rotatable bonds is 2. The van der Waals surface area contributed by atoms with Gasteiger partial charge in [0.05, 0.1) is 23.7 Å². The maximum atomic E-state index is 11.9. The van der Waals surface area contributed by atoms with Crippen molar-refractivity contribution >= 4 is 34.9 Å². The van der Waals surface area contributed by atoms with E-state index < -0.39 is 0 Å². The molecule has 26 heavy (non-hydrogen) atoms. The van der Waals surface area contributed by atoms with E-state index in [4.69, 9.17) is 27.9 Å². The molecule has 2 aliphatic rings. The highest BCUT2D eigenvalue weighted by Crippen LogP contribution is 2.52. The van der Waals surface area contributed by atoms with E-state index in [2.05, 4.69) is 17.5 Å². The van der Waals surface area contributed by atoms with Crippen LogP contribution in [0.3, 0.4) is 0 Å². The second kappa shape index (κ2) is 6.53. The quantitative estimate of drug-likeness (QED) is 0.539. The van der Waals surface area contributed by atoms with Crippen molar-refractivity contribution in [2.24, 2.45) is 5.92 Å². The van der Waals surface area contributed by atoms with Crippen molar-refractivity contribution < 1.29 is 14.6 Å². The summed E-state index contributed by atoms with van der Waals surface area (Å²) in [5, 5.41) is 14.7. The molecule has 0 bridgehead atoms. The largest absolute Gasteiger partial charge is 0.506 e. The summed E-state index contributed by atoms with van der Waals surface area (Å²) in [6.45, 7) is 0. The first kappa shape index (κ1) is 17.3. The number of carbonyl (C=O) groups is 1. The first-order chi connectivity index (χ1) is 12.5. The Morgan fingerprint density at radius 1 is 1.23 bits per heavy atom. The third kappa shape index (κ3) is 2.74. The molecule has 1 aliphatic carbocycles. The molecule has 4 rings (SSSR count). The fraction of sp³-hybridized carbons (Fsp3) is 0.250. The number of aromatic hydroxyl groups is 1. The third-order valence-electron chi connectivity index (χ3n) is 5.18. The Balaban J connectivity index is 1.80. The van der Waals surface area contributed by atoms with Crippen LogP contribution in [0.4, 0.5) is 5.69 Å². The molecule has 0 saturated heterocycles. The van der Waals surface area contributed by atoms with Crippen LogP contribution in [-0.2, 0) is 4.74 Å². The van der Waals surface area contributed by atoms with E-state index in [9.17, 15) is 9.90 Å². The van der Waals surface area contributed by atoms with Crippen molar-refractivity contribution in [2.45, 2.75) is 18.4 Å². The third-order valence-corrected chi connectivity index (χ3v) is 5.68. The van der Waals surface area contributed by atoms with Crippen molar-refractivity contribution in [3.63, 3.8) is 0 Å². The zero-order valence-corrected chi connectivity index (χ0v) is 15.5. The number of halogens is 2. The van der Waals surface area contributed by atoms with E-state index in [1.54, 1.807) is 12.1 Å². The summed E-state index contributed by atoms with van der Waals surface area (Å²) in [4.78, 5) is 11.9. The van der Waals surface area contributed by atoms with Gasteiger partial charge in [-0.2, -0.15) is 0 Å². The van der Waals surface area contributed by atoms with Crippen LogP contribution < -0.4 is 5.32 Å². The molecule has 1 heterocycles. The molecular formula is C20H17Cl2NO3. The maximum absolute atomic E-state index is 11.9. The van der Waals surface area contributed by atoms with Gasteiger partial charge >= 0.3 is 5.97 Å². The Bertz CT molecular complexity index is 926. The summed E-state index contributed by atoms with van der Waals surface area (Å²) < 4.78 is 4.83. The number of hydrogen-bond acceptors (Lipinski definition) is 4. The topological polar surface area (TPSA) is 58.6 Å². The van der Waals surface area contributed by atoms with Crippen molar-refractivity contribution in [2.75, 3.05) is 12.4 Å². The maximum Gasteiger partial charge on any atom is 0.337 e. The monoisotopic (exact) mass is 389 g/mol. The number of esters is 1. The van der Waals surface area contributed by atoms with Gasteiger partial charge in [-0.15, -0.1) is 0 Å². The summed E-state index contributed by atoms with van der Waals surface area (Å²) in [7, 11) is 1.38. The molecule has 2 N–H and O–H groups in total. The number of carbonyl (C=O) groups excluding carboxylic acids is 1. The van der Waals surface area contributed by atoms with Crippen molar-refractivity contribution in [1.82, 2.24) is 0 Å². The zero-order chi connectivity index (χ0) is 18.4. The van der Waals surface area contributed by atoms with E-state index in [0.717, 1.165) is 17.7 Å². The lowest BCUT2D eigenvalue weighted by Crippen LogP contribution is -2.29. The van der Waals surface area contributed by atoms with Gasteiger partial charge in [-0.05, 0) is 48.2 Å². The number of anilines is 1.